The molecule has 2 bridgehead atoms. The van der Waals surface area contributed by atoms with Gasteiger partial charge in [-0.1, -0.05) is 13.8 Å². The number of rotatable bonds is 1. The van der Waals surface area contributed by atoms with Gasteiger partial charge in [0, 0.05) is 0 Å². The molecule has 0 amide bonds. The van der Waals surface area contributed by atoms with Gasteiger partial charge < -0.3 is 5.11 Å². The number of fused-ring (bicyclic) bond motifs is 2. The van der Waals surface area contributed by atoms with Crippen LogP contribution in [-0.4, -0.2) is 11.1 Å². The summed E-state index contributed by atoms with van der Waals surface area (Å²) in [5, 5.41) is 9.02. The third-order valence-electron chi connectivity index (χ3n) is 4.04. The van der Waals surface area contributed by atoms with Crippen molar-refractivity contribution in [1.29, 1.82) is 0 Å². The fourth-order valence-corrected chi connectivity index (χ4v) is 3.35. The van der Waals surface area contributed by atoms with Crippen LogP contribution in [0.15, 0.2) is 0 Å². The molecule has 2 nitrogen and oxygen atoms in total. The van der Waals surface area contributed by atoms with Gasteiger partial charge in [0.2, 0.25) is 0 Å². The molecule has 0 spiro atoms. The summed E-state index contributed by atoms with van der Waals surface area (Å²) in [7, 11) is 0. The average Bonchev–Trinajstić information content (AvgIpc) is 2.44. The van der Waals surface area contributed by atoms with Crippen LogP contribution in [0.4, 0.5) is 0 Å². The van der Waals surface area contributed by atoms with Gasteiger partial charge in [0.1, 0.15) is 0 Å². The second-order valence-electron chi connectivity index (χ2n) is 4.60. The molecular formula is C10H16O2. The molecule has 68 valence electrons. The largest absolute Gasteiger partial charge is 0.481 e. The van der Waals surface area contributed by atoms with Crippen molar-refractivity contribution in [3.8, 4) is 0 Å². The van der Waals surface area contributed by atoms with Gasteiger partial charge >= 0.3 is 5.97 Å². The molecule has 2 heteroatoms. The van der Waals surface area contributed by atoms with Gasteiger partial charge in [0.15, 0.2) is 0 Å². The summed E-state index contributed by atoms with van der Waals surface area (Å²) in [6.45, 7) is 4.31. The zero-order valence-corrected chi connectivity index (χ0v) is 7.66. The number of hydrogen-bond donors (Lipinski definition) is 1. The Kier molecular flexibility index (Phi) is 1.67. The van der Waals surface area contributed by atoms with E-state index in [0.717, 1.165) is 0 Å². The van der Waals surface area contributed by atoms with Gasteiger partial charge in [-0.05, 0) is 36.5 Å². The normalized spacial score (nSPS) is 51.3. The third-order valence-corrected chi connectivity index (χ3v) is 4.04. The zero-order chi connectivity index (χ0) is 8.88. The van der Waals surface area contributed by atoms with E-state index in [1.807, 2.05) is 0 Å². The Balaban J connectivity index is 2.20. The summed E-state index contributed by atoms with van der Waals surface area (Å²) < 4.78 is 0. The van der Waals surface area contributed by atoms with Crippen LogP contribution in [-0.2, 0) is 4.79 Å². The van der Waals surface area contributed by atoms with Crippen molar-refractivity contribution in [1.82, 2.24) is 0 Å². The van der Waals surface area contributed by atoms with Crippen molar-refractivity contribution in [3.63, 3.8) is 0 Å². The lowest BCUT2D eigenvalue weighted by atomic mass is 9.75. The molecule has 2 saturated carbocycles. The Morgan fingerprint density at radius 1 is 1.33 bits per heavy atom. The number of carboxylic acid groups (broad SMARTS) is 1. The summed E-state index contributed by atoms with van der Waals surface area (Å²) in [6.07, 6.45) is 2.43. The predicted molar refractivity (Wildman–Crippen MR) is 45.7 cm³/mol. The SMILES string of the molecule is C[C@@H]1CC2CC1[C@H](C(=O)O)[C@@H]2C. The lowest BCUT2D eigenvalue weighted by Gasteiger charge is -2.29. The lowest BCUT2D eigenvalue weighted by molar-refractivity contribution is -0.146. The smallest absolute Gasteiger partial charge is 0.307 e. The highest BCUT2D eigenvalue weighted by Gasteiger charge is 2.51. The number of carboxylic acids is 1. The molecule has 0 aromatic carbocycles. The first-order valence-corrected chi connectivity index (χ1v) is 4.84. The van der Waals surface area contributed by atoms with Gasteiger partial charge in [-0.2, -0.15) is 0 Å². The molecule has 12 heavy (non-hydrogen) atoms. The summed E-state index contributed by atoms with van der Waals surface area (Å²) in [4.78, 5) is 10.9. The molecule has 2 aliphatic carbocycles. The van der Waals surface area contributed by atoms with Crippen molar-refractivity contribution < 1.29 is 9.90 Å². The molecule has 0 saturated heterocycles. The standard InChI is InChI=1S/C10H16O2/c1-5-3-7-4-8(5)9(6(7)2)10(11)12/h5-9H,3-4H2,1-2H3,(H,11,12)/t5-,6-,7?,8?,9-/m1/s1. The van der Waals surface area contributed by atoms with Crippen LogP contribution in [0.3, 0.4) is 0 Å². The first-order valence-electron chi connectivity index (χ1n) is 4.84. The summed E-state index contributed by atoms with van der Waals surface area (Å²) in [5.74, 6) is 1.63. The van der Waals surface area contributed by atoms with Crippen molar-refractivity contribution in [2.45, 2.75) is 26.7 Å². The molecule has 0 radical (unpaired) electrons. The van der Waals surface area contributed by atoms with Crippen molar-refractivity contribution in [2.24, 2.45) is 29.6 Å². The predicted octanol–water partition coefficient (Wildman–Crippen LogP) is 2.00. The van der Waals surface area contributed by atoms with Crippen molar-refractivity contribution in [2.75, 3.05) is 0 Å². The second-order valence-corrected chi connectivity index (χ2v) is 4.60. The highest BCUT2D eigenvalue weighted by molar-refractivity contribution is 5.71. The number of aliphatic carboxylic acids is 1. The van der Waals surface area contributed by atoms with E-state index in [4.69, 9.17) is 5.11 Å². The molecule has 0 aromatic heterocycles. The van der Waals surface area contributed by atoms with Gasteiger partial charge in [-0.15, -0.1) is 0 Å². The highest BCUT2D eigenvalue weighted by Crippen LogP contribution is 2.54. The van der Waals surface area contributed by atoms with Crippen LogP contribution >= 0.6 is 0 Å². The Morgan fingerprint density at radius 3 is 2.42 bits per heavy atom. The zero-order valence-electron chi connectivity index (χ0n) is 7.66. The molecule has 2 rings (SSSR count). The van der Waals surface area contributed by atoms with E-state index in [2.05, 4.69) is 13.8 Å². The topological polar surface area (TPSA) is 37.3 Å². The molecule has 2 aliphatic rings. The van der Waals surface area contributed by atoms with E-state index in [1.54, 1.807) is 0 Å². The van der Waals surface area contributed by atoms with E-state index >= 15 is 0 Å². The fourth-order valence-electron chi connectivity index (χ4n) is 3.35. The Hall–Kier alpha value is -0.530. The minimum atomic E-state index is -0.568. The van der Waals surface area contributed by atoms with E-state index < -0.39 is 5.97 Å². The molecule has 2 fully saturated rings. The van der Waals surface area contributed by atoms with E-state index in [1.165, 1.54) is 12.8 Å². The van der Waals surface area contributed by atoms with Gasteiger partial charge in [0.25, 0.3) is 0 Å². The molecular weight excluding hydrogens is 152 g/mol. The van der Waals surface area contributed by atoms with Crippen LogP contribution in [0, 0.1) is 29.6 Å². The molecule has 2 unspecified atom stereocenters. The molecule has 0 aliphatic heterocycles. The van der Waals surface area contributed by atoms with Crippen LogP contribution in [0.5, 0.6) is 0 Å². The van der Waals surface area contributed by atoms with Crippen LogP contribution < -0.4 is 0 Å². The maximum absolute atomic E-state index is 10.9. The van der Waals surface area contributed by atoms with Gasteiger partial charge in [0.05, 0.1) is 5.92 Å². The van der Waals surface area contributed by atoms with Crippen LogP contribution in [0.25, 0.3) is 0 Å². The maximum Gasteiger partial charge on any atom is 0.307 e. The van der Waals surface area contributed by atoms with Crippen LogP contribution in [0.2, 0.25) is 0 Å². The molecule has 5 atom stereocenters. The molecule has 0 heterocycles. The van der Waals surface area contributed by atoms with Crippen molar-refractivity contribution >= 4 is 5.97 Å². The molecule has 0 aromatic rings. The van der Waals surface area contributed by atoms with E-state index in [-0.39, 0.29) is 5.92 Å². The Morgan fingerprint density at radius 2 is 2.00 bits per heavy atom. The Labute approximate surface area is 73.0 Å². The first kappa shape index (κ1) is 8.09. The van der Waals surface area contributed by atoms with Gasteiger partial charge in [-0.3, -0.25) is 4.79 Å². The maximum atomic E-state index is 10.9. The minimum Gasteiger partial charge on any atom is -0.481 e. The number of carbonyl (C=O) groups is 1. The lowest BCUT2D eigenvalue weighted by Crippen LogP contribution is -2.31. The monoisotopic (exact) mass is 168 g/mol. The number of hydrogen-bond acceptors (Lipinski definition) is 1. The third kappa shape index (κ3) is 0.900. The summed E-state index contributed by atoms with van der Waals surface area (Å²) in [6, 6.07) is 0. The molecule has 1 N–H and O–H groups in total. The Bertz CT molecular complexity index is 212. The van der Waals surface area contributed by atoms with Gasteiger partial charge in [-0.25, -0.2) is 0 Å². The quantitative estimate of drug-likeness (QED) is 0.650. The summed E-state index contributed by atoms with van der Waals surface area (Å²) >= 11 is 0. The fraction of sp³-hybridized carbons (Fsp3) is 0.900. The first-order chi connectivity index (χ1) is 5.61. The van der Waals surface area contributed by atoms with Crippen LogP contribution in [0.1, 0.15) is 26.7 Å². The average molecular weight is 168 g/mol. The summed E-state index contributed by atoms with van der Waals surface area (Å²) in [5.41, 5.74) is 0. The minimum absolute atomic E-state index is 0.0428. The second kappa shape index (κ2) is 2.48. The van der Waals surface area contributed by atoms with E-state index in [9.17, 15) is 4.79 Å². The van der Waals surface area contributed by atoms with E-state index in [0.29, 0.717) is 23.7 Å². The highest BCUT2D eigenvalue weighted by atomic mass is 16.4. The van der Waals surface area contributed by atoms with Crippen molar-refractivity contribution in [3.05, 3.63) is 0 Å².